The fraction of sp³-hybridized carbons (Fsp3) is 0.481. The summed E-state index contributed by atoms with van der Waals surface area (Å²) >= 11 is 5.90. The van der Waals surface area contributed by atoms with Gasteiger partial charge >= 0.3 is 0 Å². The van der Waals surface area contributed by atoms with Gasteiger partial charge in [-0.05, 0) is 61.2 Å². The third kappa shape index (κ3) is 7.69. The van der Waals surface area contributed by atoms with Crippen molar-refractivity contribution in [2.24, 2.45) is 0 Å². The number of sulfonamides is 1. The number of halogens is 1. The summed E-state index contributed by atoms with van der Waals surface area (Å²) in [5, 5.41) is 3.54. The Kier molecular flexibility index (Phi) is 10.4. The molecule has 1 aliphatic rings. The molecule has 0 radical (unpaired) electrons. The summed E-state index contributed by atoms with van der Waals surface area (Å²) < 4.78 is 32.5. The number of likely N-dealkylation sites (N-methyl/N-ethyl adjacent to an activating group) is 1. The van der Waals surface area contributed by atoms with Crippen molar-refractivity contribution < 1.29 is 22.7 Å². The van der Waals surface area contributed by atoms with E-state index in [1.165, 1.54) is 42.6 Å². The van der Waals surface area contributed by atoms with Crippen molar-refractivity contribution in [1.82, 2.24) is 14.5 Å². The van der Waals surface area contributed by atoms with Crippen molar-refractivity contribution in [2.75, 3.05) is 20.7 Å². The Morgan fingerprint density at radius 1 is 1.11 bits per heavy atom. The number of nitrogens with zero attached hydrogens (tertiary/aromatic N) is 2. The molecule has 0 spiro atoms. The molecule has 8 nitrogen and oxygen atoms in total. The normalized spacial score (nSPS) is 15.3. The average Bonchev–Trinajstić information content (AvgIpc) is 2.89. The molecule has 1 unspecified atom stereocenters. The van der Waals surface area contributed by atoms with Gasteiger partial charge in [0.2, 0.25) is 21.8 Å². The number of hydrogen-bond donors (Lipinski definition) is 1. The monoisotopic (exact) mass is 549 g/mol. The van der Waals surface area contributed by atoms with Gasteiger partial charge in [0.25, 0.3) is 0 Å². The SMILES string of the molecule is CCC(C(=O)NC1CCCCC1)N(Cc1cccc(OC)c1)C(=O)CN(C)S(=O)(=O)c1ccc(Cl)cc1. The van der Waals surface area contributed by atoms with Crippen LogP contribution in [0.25, 0.3) is 0 Å². The van der Waals surface area contributed by atoms with Gasteiger partial charge in [-0.3, -0.25) is 9.59 Å². The van der Waals surface area contributed by atoms with Crippen LogP contribution in [0.4, 0.5) is 0 Å². The zero-order chi connectivity index (χ0) is 27.0. The summed E-state index contributed by atoms with van der Waals surface area (Å²) in [6, 6.07) is 12.4. The molecule has 202 valence electrons. The topological polar surface area (TPSA) is 96.0 Å². The Morgan fingerprint density at radius 2 is 1.78 bits per heavy atom. The Balaban J connectivity index is 1.85. The first kappa shape index (κ1) is 28.9. The number of amides is 2. The quantitative estimate of drug-likeness (QED) is 0.452. The molecule has 0 aliphatic heterocycles. The van der Waals surface area contributed by atoms with E-state index in [4.69, 9.17) is 16.3 Å². The fourth-order valence-corrected chi connectivity index (χ4v) is 5.83. The molecule has 2 amide bonds. The van der Waals surface area contributed by atoms with E-state index in [2.05, 4.69) is 5.32 Å². The summed E-state index contributed by atoms with van der Waals surface area (Å²) in [6.07, 6.45) is 5.55. The number of carbonyl (C=O) groups is 2. The minimum absolute atomic E-state index is 0.0358. The van der Waals surface area contributed by atoms with Crippen LogP contribution in [-0.2, 0) is 26.2 Å². The fourth-order valence-electron chi connectivity index (χ4n) is 4.58. The highest BCUT2D eigenvalue weighted by Crippen LogP contribution is 2.22. The van der Waals surface area contributed by atoms with Crippen LogP contribution in [0, 0.1) is 0 Å². The molecule has 1 aliphatic carbocycles. The van der Waals surface area contributed by atoms with Crippen molar-refractivity contribution in [3.63, 3.8) is 0 Å². The van der Waals surface area contributed by atoms with Crippen LogP contribution in [-0.4, -0.2) is 62.2 Å². The lowest BCUT2D eigenvalue weighted by Gasteiger charge is -2.33. The molecule has 1 atom stereocenters. The van der Waals surface area contributed by atoms with E-state index in [9.17, 15) is 18.0 Å². The van der Waals surface area contributed by atoms with Gasteiger partial charge in [0.05, 0.1) is 18.6 Å². The summed E-state index contributed by atoms with van der Waals surface area (Å²) in [7, 11) is -1.02. The number of nitrogens with one attached hydrogen (secondary N) is 1. The molecule has 0 heterocycles. The number of ether oxygens (including phenoxy) is 1. The predicted molar refractivity (Wildman–Crippen MR) is 144 cm³/mol. The first-order chi connectivity index (χ1) is 17.6. The molecule has 10 heteroatoms. The molecule has 0 saturated heterocycles. The molecule has 2 aromatic carbocycles. The maximum absolute atomic E-state index is 13.6. The zero-order valence-corrected chi connectivity index (χ0v) is 23.2. The van der Waals surface area contributed by atoms with Gasteiger partial charge < -0.3 is 15.0 Å². The number of hydrogen-bond acceptors (Lipinski definition) is 5. The van der Waals surface area contributed by atoms with E-state index >= 15 is 0 Å². The summed E-state index contributed by atoms with van der Waals surface area (Å²) in [4.78, 5) is 28.5. The highest BCUT2D eigenvalue weighted by atomic mass is 35.5. The van der Waals surface area contributed by atoms with Gasteiger partial charge in [0.1, 0.15) is 11.8 Å². The Labute approximate surface area is 225 Å². The molecule has 3 rings (SSSR count). The third-order valence-electron chi connectivity index (χ3n) is 6.70. The van der Waals surface area contributed by atoms with Gasteiger partial charge in [-0.25, -0.2) is 8.42 Å². The summed E-state index contributed by atoms with van der Waals surface area (Å²) in [5.74, 6) is -0.0469. The first-order valence-corrected chi connectivity index (χ1v) is 14.4. The molecular weight excluding hydrogens is 514 g/mol. The van der Waals surface area contributed by atoms with E-state index in [0.29, 0.717) is 17.2 Å². The second-order valence-corrected chi connectivity index (χ2v) is 11.8. The number of methoxy groups -OCH3 is 1. The molecule has 1 N–H and O–H groups in total. The molecule has 1 fully saturated rings. The van der Waals surface area contributed by atoms with Crippen molar-refractivity contribution in [2.45, 2.75) is 69.0 Å². The van der Waals surface area contributed by atoms with Crippen molar-refractivity contribution >= 4 is 33.4 Å². The van der Waals surface area contributed by atoms with E-state index in [1.807, 2.05) is 19.1 Å². The van der Waals surface area contributed by atoms with E-state index in [1.54, 1.807) is 19.2 Å². The Morgan fingerprint density at radius 3 is 2.41 bits per heavy atom. The van der Waals surface area contributed by atoms with Crippen LogP contribution in [0.2, 0.25) is 5.02 Å². The van der Waals surface area contributed by atoms with Crippen LogP contribution < -0.4 is 10.1 Å². The van der Waals surface area contributed by atoms with Gasteiger partial charge in [0.15, 0.2) is 0 Å². The lowest BCUT2D eigenvalue weighted by molar-refractivity contribution is -0.141. The van der Waals surface area contributed by atoms with Crippen LogP contribution in [0.3, 0.4) is 0 Å². The second kappa shape index (κ2) is 13.3. The second-order valence-electron chi connectivity index (χ2n) is 9.36. The van der Waals surface area contributed by atoms with Gasteiger partial charge in [-0.2, -0.15) is 4.31 Å². The smallest absolute Gasteiger partial charge is 0.243 e. The van der Waals surface area contributed by atoms with E-state index in [0.717, 1.165) is 35.6 Å². The maximum Gasteiger partial charge on any atom is 0.243 e. The maximum atomic E-state index is 13.6. The van der Waals surface area contributed by atoms with E-state index in [-0.39, 0.29) is 23.4 Å². The van der Waals surface area contributed by atoms with Crippen LogP contribution in [0.1, 0.15) is 51.0 Å². The highest BCUT2D eigenvalue weighted by Gasteiger charge is 2.33. The van der Waals surface area contributed by atoms with Crippen LogP contribution in [0.5, 0.6) is 5.75 Å². The minimum Gasteiger partial charge on any atom is -0.497 e. The minimum atomic E-state index is -3.94. The highest BCUT2D eigenvalue weighted by molar-refractivity contribution is 7.89. The lowest BCUT2D eigenvalue weighted by Crippen LogP contribution is -2.53. The molecule has 37 heavy (non-hydrogen) atoms. The number of rotatable bonds is 11. The van der Waals surface area contributed by atoms with Crippen LogP contribution in [0.15, 0.2) is 53.4 Å². The van der Waals surface area contributed by atoms with E-state index < -0.39 is 28.5 Å². The molecule has 1 saturated carbocycles. The van der Waals surface area contributed by atoms with Crippen LogP contribution >= 0.6 is 11.6 Å². The van der Waals surface area contributed by atoms with Crippen molar-refractivity contribution in [3.8, 4) is 5.75 Å². The number of carbonyl (C=O) groups excluding carboxylic acids is 2. The number of benzene rings is 2. The lowest BCUT2D eigenvalue weighted by atomic mass is 9.95. The molecule has 2 aromatic rings. The molecular formula is C27H36ClN3O5S. The van der Waals surface area contributed by atoms with Crippen molar-refractivity contribution in [1.29, 1.82) is 0 Å². The third-order valence-corrected chi connectivity index (χ3v) is 8.77. The van der Waals surface area contributed by atoms with Gasteiger partial charge in [0, 0.05) is 24.7 Å². The van der Waals surface area contributed by atoms with Gasteiger partial charge in [-0.1, -0.05) is 49.9 Å². The Hall–Kier alpha value is -2.62. The largest absolute Gasteiger partial charge is 0.497 e. The molecule has 0 aromatic heterocycles. The van der Waals surface area contributed by atoms with Crippen molar-refractivity contribution in [3.05, 3.63) is 59.1 Å². The zero-order valence-electron chi connectivity index (χ0n) is 21.7. The molecule has 0 bridgehead atoms. The first-order valence-electron chi connectivity index (χ1n) is 12.6. The summed E-state index contributed by atoms with van der Waals surface area (Å²) in [5.41, 5.74) is 0.778. The average molecular weight is 550 g/mol. The van der Waals surface area contributed by atoms with Gasteiger partial charge in [-0.15, -0.1) is 0 Å². The standard InChI is InChI=1S/C27H36ClN3O5S/c1-4-25(27(33)29-22-10-6-5-7-11-22)31(18-20-9-8-12-23(17-20)36-3)26(32)19-30(2)37(34,35)24-15-13-21(28)14-16-24/h8-9,12-17,22,25H,4-7,10-11,18-19H2,1-3H3,(H,29,33). The Bertz CT molecular complexity index is 1170. The summed E-state index contributed by atoms with van der Waals surface area (Å²) in [6.45, 7) is 1.58. The predicted octanol–water partition coefficient (Wildman–Crippen LogP) is 4.23.